The summed E-state index contributed by atoms with van der Waals surface area (Å²) in [4.78, 5) is 29.8. The molecule has 0 bridgehead atoms. The van der Waals surface area contributed by atoms with Gasteiger partial charge in [0.25, 0.3) is 5.91 Å². The first kappa shape index (κ1) is 27.1. The number of likely N-dealkylation sites (N-methyl/N-ethyl adjacent to an activating group) is 1. The van der Waals surface area contributed by atoms with Gasteiger partial charge in [-0.15, -0.1) is 0 Å². The summed E-state index contributed by atoms with van der Waals surface area (Å²) in [6.07, 6.45) is 0.982. The molecule has 10 heteroatoms. The van der Waals surface area contributed by atoms with Crippen molar-refractivity contribution in [1.29, 1.82) is 0 Å². The molecule has 0 radical (unpaired) electrons. The Morgan fingerprint density at radius 1 is 1.14 bits per heavy atom. The van der Waals surface area contributed by atoms with Crippen molar-refractivity contribution in [3.63, 3.8) is 0 Å². The Kier molecular flexibility index (Phi) is 10.0. The Labute approximate surface area is 215 Å². The van der Waals surface area contributed by atoms with Crippen molar-refractivity contribution >= 4 is 35.1 Å². The molecule has 190 valence electrons. The standard InChI is InChI=1S/C25H31Cl2N3O5/c1-29-10-12-30(13-11-29)9-6-14-35-23-19(26)16-18(22(31)21(23)27)24(32)28-20(25(33)34-2)15-17-7-4-3-5-8-17/h3-5,7-8,16,20,31H,6,9-15H2,1-2H3,(H,28,32)/t20-/m0/s1. The molecule has 1 saturated heterocycles. The Morgan fingerprint density at radius 2 is 1.83 bits per heavy atom. The molecule has 35 heavy (non-hydrogen) atoms. The molecule has 1 atom stereocenters. The SMILES string of the molecule is COC(=O)[C@H](Cc1ccccc1)NC(=O)c1cc(Cl)c(OCCCN2CCN(C)CC2)c(Cl)c1O. The highest BCUT2D eigenvalue weighted by Gasteiger charge is 2.27. The number of hydrogen-bond donors (Lipinski definition) is 2. The van der Waals surface area contributed by atoms with Crippen LogP contribution in [0.4, 0.5) is 0 Å². The van der Waals surface area contributed by atoms with Gasteiger partial charge < -0.3 is 29.7 Å². The Hall–Kier alpha value is -2.52. The second-order valence-corrected chi connectivity index (χ2v) is 9.27. The van der Waals surface area contributed by atoms with Crippen LogP contribution in [0, 0.1) is 0 Å². The van der Waals surface area contributed by atoms with E-state index in [0.29, 0.717) is 6.61 Å². The Bertz CT molecular complexity index is 1010. The number of esters is 1. The third-order valence-corrected chi connectivity index (χ3v) is 6.56. The van der Waals surface area contributed by atoms with Gasteiger partial charge in [-0.1, -0.05) is 53.5 Å². The van der Waals surface area contributed by atoms with Crippen molar-refractivity contribution in [2.75, 3.05) is 53.5 Å². The lowest BCUT2D eigenvalue weighted by Gasteiger charge is -2.32. The maximum absolute atomic E-state index is 12.9. The topological polar surface area (TPSA) is 91.3 Å². The van der Waals surface area contributed by atoms with Gasteiger partial charge in [-0.25, -0.2) is 4.79 Å². The number of amides is 1. The molecule has 0 saturated carbocycles. The van der Waals surface area contributed by atoms with E-state index < -0.39 is 23.7 Å². The quantitative estimate of drug-likeness (QED) is 0.364. The lowest BCUT2D eigenvalue weighted by Crippen LogP contribution is -2.44. The number of hydrogen-bond acceptors (Lipinski definition) is 7. The third kappa shape index (κ3) is 7.48. The highest BCUT2D eigenvalue weighted by molar-refractivity contribution is 6.39. The predicted molar refractivity (Wildman–Crippen MR) is 136 cm³/mol. The summed E-state index contributed by atoms with van der Waals surface area (Å²) in [5.74, 6) is -1.67. The zero-order valence-electron chi connectivity index (χ0n) is 19.9. The van der Waals surface area contributed by atoms with E-state index in [2.05, 4.69) is 22.2 Å². The first-order chi connectivity index (χ1) is 16.8. The molecular weight excluding hydrogens is 493 g/mol. The number of methoxy groups -OCH3 is 1. The summed E-state index contributed by atoms with van der Waals surface area (Å²) < 4.78 is 10.6. The van der Waals surface area contributed by atoms with Gasteiger partial charge in [0, 0.05) is 39.1 Å². The predicted octanol–water partition coefficient (Wildman–Crippen LogP) is 3.23. The van der Waals surface area contributed by atoms with E-state index in [4.69, 9.17) is 32.7 Å². The molecule has 0 aromatic heterocycles. The Balaban J connectivity index is 1.63. The van der Waals surface area contributed by atoms with E-state index in [1.807, 2.05) is 30.3 Å². The number of aromatic hydroxyl groups is 1. The molecule has 8 nitrogen and oxygen atoms in total. The number of rotatable bonds is 10. The highest BCUT2D eigenvalue weighted by Crippen LogP contribution is 2.42. The fourth-order valence-corrected chi connectivity index (χ4v) is 4.42. The molecule has 3 rings (SSSR count). The molecule has 0 spiro atoms. The van der Waals surface area contributed by atoms with Crippen molar-refractivity contribution in [2.24, 2.45) is 0 Å². The molecule has 1 aliphatic rings. The summed E-state index contributed by atoms with van der Waals surface area (Å²) in [6.45, 7) is 5.35. The Morgan fingerprint density at radius 3 is 2.49 bits per heavy atom. The van der Waals surface area contributed by atoms with Gasteiger partial charge in [0.1, 0.15) is 11.1 Å². The maximum Gasteiger partial charge on any atom is 0.328 e. The van der Waals surface area contributed by atoms with Crippen LogP contribution in [0.1, 0.15) is 22.3 Å². The van der Waals surface area contributed by atoms with Gasteiger partial charge >= 0.3 is 5.97 Å². The molecule has 1 fully saturated rings. The normalized spacial score (nSPS) is 15.4. The summed E-state index contributed by atoms with van der Waals surface area (Å²) in [7, 11) is 3.35. The van der Waals surface area contributed by atoms with Crippen LogP contribution in [0.25, 0.3) is 0 Å². The van der Waals surface area contributed by atoms with Crippen LogP contribution in [0.5, 0.6) is 11.5 Å². The van der Waals surface area contributed by atoms with Crippen molar-refractivity contribution in [3.8, 4) is 11.5 Å². The number of phenols is 1. The van der Waals surface area contributed by atoms with Gasteiger partial charge in [0.05, 0.1) is 24.3 Å². The molecule has 2 aromatic rings. The summed E-state index contributed by atoms with van der Waals surface area (Å²) in [6, 6.07) is 9.52. The minimum Gasteiger partial charge on any atom is -0.505 e. The molecule has 0 aliphatic carbocycles. The van der Waals surface area contributed by atoms with Crippen LogP contribution < -0.4 is 10.1 Å². The van der Waals surface area contributed by atoms with E-state index >= 15 is 0 Å². The number of nitrogens with zero attached hydrogens (tertiary/aromatic N) is 2. The molecular formula is C25H31Cl2N3O5. The van der Waals surface area contributed by atoms with Gasteiger partial charge in [-0.2, -0.15) is 0 Å². The average Bonchev–Trinajstić information content (AvgIpc) is 2.86. The molecule has 1 aliphatic heterocycles. The number of phenolic OH excluding ortho intramolecular Hbond substituents is 1. The zero-order chi connectivity index (χ0) is 25.4. The van der Waals surface area contributed by atoms with Crippen molar-refractivity contribution < 1.29 is 24.2 Å². The van der Waals surface area contributed by atoms with E-state index in [9.17, 15) is 14.7 Å². The smallest absolute Gasteiger partial charge is 0.328 e. The van der Waals surface area contributed by atoms with Crippen molar-refractivity contribution in [2.45, 2.75) is 18.9 Å². The maximum atomic E-state index is 12.9. The number of nitrogens with one attached hydrogen (secondary N) is 1. The van der Waals surface area contributed by atoms with Crippen LogP contribution >= 0.6 is 23.2 Å². The largest absolute Gasteiger partial charge is 0.505 e. The van der Waals surface area contributed by atoms with Crippen LogP contribution in [0.15, 0.2) is 36.4 Å². The molecule has 2 aromatic carbocycles. The van der Waals surface area contributed by atoms with Crippen molar-refractivity contribution in [1.82, 2.24) is 15.1 Å². The van der Waals surface area contributed by atoms with E-state index in [0.717, 1.165) is 44.7 Å². The minimum absolute atomic E-state index is 0.0928. The average molecular weight is 524 g/mol. The summed E-state index contributed by atoms with van der Waals surface area (Å²) in [5.41, 5.74) is 0.676. The lowest BCUT2D eigenvalue weighted by atomic mass is 10.1. The third-order valence-electron chi connectivity index (χ3n) is 5.93. The van der Waals surface area contributed by atoms with Gasteiger partial charge in [-0.05, 0) is 25.1 Å². The van der Waals surface area contributed by atoms with E-state index in [1.54, 1.807) is 0 Å². The van der Waals surface area contributed by atoms with Gasteiger partial charge in [0.15, 0.2) is 11.5 Å². The molecule has 0 unspecified atom stereocenters. The van der Waals surface area contributed by atoms with Crippen LogP contribution in [-0.2, 0) is 16.0 Å². The summed E-state index contributed by atoms with van der Waals surface area (Å²) >= 11 is 12.6. The summed E-state index contributed by atoms with van der Waals surface area (Å²) in [5, 5.41) is 13.1. The number of benzene rings is 2. The number of carbonyl (C=O) groups excluding carboxylic acids is 2. The molecule has 1 heterocycles. The van der Waals surface area contributed by atoms with Crippen LogP contribution in [-0.4, -0.2) is 86.3 Å². The second kappa shape index (κ2) is 13.0. The first-order valence-electron chi connectivity index (χ1n) is 11.5. The first-order valence-corrected chi connectivity index (χ1v) is 12.2. The second-order valence-electron chi connectivity index (χ2n) is 8.48. The fraction of sp³-hybridized carbons (Fsp3) is 0.440. The number of ether oxygens (including phenoxy) is 2. The van der Waals surface area contributed by atoms with E-state index in [1.165, 1.54) is 13.2 Å². The monoisotopic (exact) mass is 523 g/mol. The van der Waals surface area contributed by atoms with Crippen LogP contribution in [0.3, 0.4) is 0 Å². The van der Waals surface area contributed by atoms with Gasteiger partial charge in [0.2, 0.25) is 0 Å². The number of halogens is 2. The highest BCUT2D eigenvalue weighted by atomic mass is 35.5. The van der Waals surface area contributed by atoms with Gasteiger partial charge in [-0.3, -0.25) is 4.79 Å². The fourth-order valence-electron chi connectivity index (χ4n) is 3.85. The van der Waals surface area contributed by atoms with Crippen LogP contribution in [0.2, 0.25) is 10.0 Å². The number of piperazine rings is 1. The molecule has 2 N–H and O–H groups in total. The minimum atomic E-state index is -0.961. The number of carbonyl (C=O) groups is 2. The molecule has 1 amide bonds. The van der Waals surface area contributed by atoms with E-state index in [-0.39, 0.29) is 27.8 Å². The van der Waals surface area contributed by atoms with Crippen molar-refractivity contribution in [3.05, 3.63) is 57.6 Å². The zero-order valence-corrected chi connectivity index (χ0v) is 21.4. The lowest BCUT2D eigenvalue weighted by molar-refractivity contribution is -0.142.